The van der Waals surface area contributed by atoms with Crippen LogP contribution in [0.5, 0.6) is 0 Å². The fraction of sp³-hybridized carbons (Fsp3) is 0.231. The first-order chi connectivity index (χ1) is 14.0. The van der Waals surface area contributed by atoms with Gasteiger partial charge in [-0.1, -0.05) is 54.3 Å². The zero-order chi connectivity index (χ0) is 20.2. The van der Waals surface area contributed by atoms with Crippen molar-refractivity contribution < 1.29 is 49.5 Å². The van der Waals surface area contributed by atoms with Crippen molar-refractivity contribution in [2.75, 3.05) is 0 Å². The van der Waals surface area contributed by atoms with Gasteiger partial charge in [0.25, 0.3) is 0 Å². The number of hydrogen-bond acceptors (Lipinski definition) is 1. The van der Waals surface area contributed by atoms with Crippen LogP contribution in [-0.4, -0.2) is 8.07 Å². The van der Waals surface area contributed by atoms with Crippen LogP contribution < -0.4 is 24.8 Å². The van der Waals surface area contributed by atoms with Gasteiger partial charge in [0.2, 0.25) is 0 Å². The molecule has 0 bridgehead atoms. The van der Waals surface area contributed by atoms with Crippen molar-refractivity contribution >= 4 is 25.9 Å². The van der Waals surface area contributed by atoms with Gasteiger partial charge in [0.1, 0.15) is 8.07 Å². The summed E-state index contributed by atoms with van der Waals surface area (Å²) in [4.78, 5) is 3.32. The topological polar surface area (TPSA) is 0 Å². The summed E-state index contributed by atoms with van der Waals surface area (Å²) in [6.07, 6.45) is 10.6. The molecule has 0 aromatic heterocycles. The first kappa shape index (κ1) is 25.1. The van der Waals surface area contributed by atoms with E-state index < -0.39 is 8.07 Å². The summed E-state index contributed by atoms with van der Waals surface area (Å²) in [5.41, 5.74) is 5.57. The Balaban J connectivity index is 0.000000168. The Morgan fingerprint density at radius 2 is 1.71 bits per heavy atom. The summed E-state index contributed by atoms with van der Waals surface area (Å²) < 4.78 is 0.644. The normalized spacial score (nSPS) is 22.7. The van der Waals surface area contributed by atoms with Gasteiger partial charge in [0.05, 0.1) is 0 Å². The fourth-order valence-electron chi connectivity index (χ4n) is 5.09. The number of halogens is 2. The zero-order valence-corrected chi connectivity index (χ0v) is 23.7. The van der Waals surface area contributed by atoms with Crippen molar-refractivity contribution in [2.45, 2.75) is 30.1 Å². The molecule has 4 aliphatic rings. The molecule has 2 atom stereocenters. The molecule has 0 radical (unpaired) electrons. The van der Waals surface area contributed by atoms with E-state index in [1.54, 1.807) is 39.7 Å². The number of thioether (sulfide) groups is 1. The maximum absolute atomic E-state index is 2.50. The van der Waals surface area contributed by atoms with Crippen molar-refractivity contribution in [2.24, 2.45) is 5.92 Å². The molecular weight excluding hydrogens is 535 g/mol. The molecule has 1 fully saturated rings. The van der Waals surface area contributed by atoms with Crippen LogP contribution in [-0.2, 0) is 24.7 Å². The summed E-state index contributed by atoms with van der Waals surface area (Å²) >= 11 is 3.63. The summed E-state index contributed by atoms with van der Waals surface area (Å²) in [7, 11) is -1.08. The molecule has 2 aromatic carbocycles. The Morgan fingerprint density at radius 1 is 0.968 bits per heavy atom. The van der Waals surface area contributed by atoms with E-state index in [9.17, 15) is 0 Å². The fourth-order valence-corrected chi connectivity index (χ4v) is 11.7. The third-order valence-electron chi connectivity index (χ3n) is 6.58. The predicted octanol–water partition coefficient (Wildman–Crippen LogP) is 1.61. The molecule has 2 unspecified atom stereocenters. The van der Waals surface area contributed by atoms with Gasteiger partial charge in [-0.15, -0.1) is 0 Å². The van der Waals surface area contributed by atoms with Gasteiger partial charge in [0.15, 0.2) is 0 Å². The van der Waals surface area contributed by atoms with E-state index in [1.165, 1.54) is 28.7 Å². The van der Waals surface area contributed by atoms with Crippen LogP contribution in [0.3, 0.4) is 0 Å². The van der Waals surface area contributed by atoms with Gasteiger partial charge < -0.3 is 24.8 Å². The Kier molecular flexibility index (Phi) is 7.87. The number of hydrogen-bond donors (Lipinski definition) is 0. The van der Waals surface area contributed by atoms with Crippen LogP contribution in [0.1, 0.15) is 28.1 Å². The quantitative estimate of drug-likeness (QED) is 0.504. The van der Waals surface area contributed by atoms with Gasteiger partial charge in [-0.2, -0.15) is 0 Å². The molecule has 0 saturated carbocycles. The van der Waals surface area contributed by atoms with E-state index in [1.807, 2.05) is 5.20 Å². The maximum atomic E-state index is 2.50. The molecule has 1 saturated heterocycles. The van der Waals surface area contributed by atoms with Crippen molar-refractivity contribution in [1.29, 1.82) is 0 Å². The van der Waals surface area contributed by atoms with E-state index in [4.69, 9.17) is 0 Å². The first-order valence-electron chi connectivity index (χ1n) is 10.4. The average Bonchev–Trinajstić information content (AvgIpc) is 3.39. The van der Waals surface area contributed by atoms with E-state index >= 15 is 0 Å². The van der Waals surface area contributed by atoms with Gasteiger partial charge in [-0.05, 0) is 16.2 Å². The van der Waals surface area contributed by atoms with Gasteiger partial charge >= 0.3 is 111 Å². The predicted molar refractivity (Wildman–Crippen MR) is 126 cm³/mol. The van der Waals surface area contributed by atoms with Crippen LogP contribution >= 0.6 is 11.8 Å². The number of fused-ring (bicyclic) bond motifs is 1. The van der Waals surface area contributed by atoms with E-state index in [0.717, 1.165) is 5.92 Å². The first-order valence-corrected chi connectivity index (χ1v) is 15.7. The molecule has 0 amide bonds. The second-order valence-corrected chi connectivity index (χ2v) is 15.6. The Bertz CT molecular complexity index is 1120. The van der Waals surface area contributed by atoms with Crippen LogP contribution in [0.2, 0.25) is 13.1 Å². The molecule has 0 N–H and O–H groups in total. The molecular formula is C26H25Cl2SSiZr. The SMILES string of the molecule is CCC1=C2C3C(=CC=C3[Si]2(C)C)S1.[Cl-].[Cl-].[Zr+2][CH]1C=Cc2c(-c3ccccc3)cccc21. The van der Waals surface area contributed by atoms with Gasteiger partial charge in [0, 0.05) is 5.92 Å². The number of allylic oxidation sites excluding steroid dienone is 7. The molecule has 157 valence electrons. The Hall–Kier alpha value is -0.570. The molecule has 2 heterocycles. The second kappa shape index (κ2) is 9.74. The molecule has 31 heavy (non-hydrogen) atoms. The summed E-state index contributed by atoms with van der Waals surface area (Å²) in [6.45, 7) is 7.30. The molecule has 6 rings (SSSR count). The Morgan fingerprint density at radius 3 is 2.42 bits per heavy atom. The summed E-state index contributed by atoms with van der Waals surface area (Å²) in [5, 5.41) is 3.64. The molecule has 2 aliphatic carbocycles. The van der Waals surface area contributed by atoms with E-state index in [0.29, 0.717) is 3.63 Å². The molecule has 2 aliphatic heterocycles. The van der Waals surface area contributed by atoms with E-state index in [2.05, 4.69) is 105 Å². The zero-order valence-electron chi connectivity index (χ0n) is 18.0. The van der Waals surface area contributed by atoms with Crippen molar-refractivity contribution in [1.82, 2.24) is 0 Å². The second-order valence-electron chi connectivity index (χ2n) is 8.55. The molecule has 5 heteroatoms. The number of benzene rings is 2. The molecule has 2 aromatic rings. The van der Waals surface area contributed by atoms with Crippen molar-refractivity contribution in [3.8, 4) is 11.1 Å². The van der Waals surface area contributed by atoms with E-state index in [-0.39, 0.29) is 24.8 Å². The summed E-state index contributed by atoms with van der Waals surface area (Å²) in [5.74, 6) is 0.793. The Labute approximate surface area is 219 Å². The van der Waals surface area contributed by atoms with Gasteiger partial charge in [-0.25, -0.2) is 0 Å². The monoisotopic (exact) mass is 557 g/mol. The van der Waals surface area contributed by atoms with Gasteiger partial charge in [-0.3, -0.25) is 0 Å². The average molecular weight is 560 g/mol. The molecule has 0 spiro atoms. The molecule has 0 nitrogen and oxygen atoms in total. The van der Waals surface area contributed by atoms with Crippen LogP contribution in [0, 0.1) is 5.92 Å². The minimum atomic E-state index is -1.08. The van der Waals surface area contributed by atoms with Crippen LogP contribution in [0.15, 0.2) is 87.0 Å². The third-order valence-corrected chi connectivity index (χ3v) is 13.2. The standard InChI is InChI=1S/C15H11.C11H14SSi.2ClH.Zr/c1-2-6-12(7-3-1)14-10-4-8-13-9-5-11-15(13)14;1-4-7-11-10-8(12-7)5-6-9(10)13(11,2)3;;;/h1-11H;5-6,10H,4H2,1-3H3;2*1H;/q;;;;+2/p-2. The van der Waals surface area contributed by atoms with Crippen molar-refractivity contribution in [3.63, 3.8) is 0 Å². The van der Waals surface area contributed by atoms with Crippen molar-refractivity contribution in [3.05, 3.63) is 98.1 Å². The number of rotatable bonds is 2. The third kappa shape index (κ3) is 4.11. The minimum absolute atomic E-state index is 0. The summed E-state index contributed by atoms with van der Waals surface area (Å²) in [6, 6.07) is 17.3. The van der Waals surface area contributed by atoms with Crippen LogP contribution in [0.4, 0.5) is 0 Å². The van der Waals surface area contributed by atoms with Crippen LogP contribution in [0.25, 0.3) is 17.2 Å².